The number of hydrogen-bond donors (Lipinski definition) is 0. The predicted molar refractivity (Wildman–Crippen MR) is 18.0 cm³/mol. The third kappa shape index (κ3) is 7.46. The molecular formula is CF5NOSe. The Morgan fingerprint density at radius 2 is 1.44 bits per heavy atom. The van der Waals surface area contributed by atoms with E-state index in [1.165, 1.54) is 0 Å². The van der Waals surface area contributed by atoms with Crippen LogP contribution < -0.4 is 0 Å². The molecule has 2 nitrogen and oxygen atoms in total. The normalized spacial score (nSPS) is 19.1. The van der Waals surface area contributed by atoms with Crippen molar-refractivity contribution in [3.05, 3.63) is 0 Å². The first-order chi connectivity index (χ1) is 3.54. The van der Waals surface area contributed by atoms with Crippen molar-refractivity contribution in [1.82, 2.24) is 0 Å². The molecule has 0 fully saturated rings. The van der Waals surface area contributed by atoms with Gasteiger partial charge in [0, 0.05) is 0 Å². The van der Waals surface area contributed by atoms with Crippen LogP contribution in [0.4, 0.5) is 17.8 Å². The zero-order valence-electron chi connectivity index (χ0n) is 3.65. The fourth-order valence-corrected chi connectivity index (χ4v) is 0.366. The van der Waals surface area contributed by atoms with Gasteiger partial charge in [0.15, 0.2) is 0 Å². The van der Waals surface area contributed by atoms with Crippen LogP contribution in [0.1, 0.15) is 0 Å². The minimum atomic E-state index is -10.4. The molecule has 8 heteroatoms. The van der Waals surface area contributed by atoms with Crippen molar-refractivity contribution in [2.24, 2.45) is 0 Å². The van der Waals surface area contributed by atoms with Gasteiger partial charge in [-0.1, -0.05) is 0 Å². The summed E-state index contributed by atoms with van der Waals surface area (Å²) in [5.41, 5.74) is 0. The van der Waals surface area contributed by atoms with E-state index in [2.05, 4.69) is 0 Å². The molecule has 0 N–H and O–H groups in total. The summed E-state index contributed by atoms with van der Waals surface area (Å²) in [6, 6.07) is 0. The number of halogens is 5. The average Bonchev–Trinajstić information content (AvgIpc) is 1.22. The van der Waals surface area contributed by atoms with Crippen LogP contribution in [0.15, 0.2) is 0 Å². The molecule has 0 aliphatic heterocycles. The van der Waals surface area contributed by atoms with E-state index in [9.17, 15) is 17.8 Å². The van der Waals surface area contributed by atoms with Gasteiger partial charge in [-0.25, -0.2) is 0 Å². The Balaban J connectivity index is 4.59. The molecule has 0 heterocycles. The van der Waals surface area contributed by atoms with E-state index in [-0.39, 0.29) is 6.26 Å². The van der Waals surface area contributed by atoms with E-state index >= 15 is 0 Å². The Hall–Kier alpha value is -0.541. The van der Waals surface area contributed by atoms with Gasteiger partial charge in [-0.2, -0.15) is 0 Å². The SMILES string of the molecule is N#CO[Se](F)(F)(F)(F)F. The van der Waals surface area contributed by atoms with Gasteiger partial charge in [-0.15, -0.1) is 0 Å². The Morgan fingerprint density at radius 1 is 1.11 bits per heavy atom. The molecule has 9 heavy (non-hydrogen) atoms. The zero-order chi connectivity index (χ0) is 7.82. The van der Waals surface area contributed by atoms with Crippen molar-refractivity contribution >= 4 is 13.3 Å². The summed E-state index contributed by atoms with van der Waals surface area (Å²) in [6.45, 7) is 0. The topological polar surface area (TPSA) is 33.0 Å². The molecule has 0 aromatic rings. The van der Waals surface area contributed by atoms with Crippen LogP contribution >= 0.6 is 0 Å². The molecule has 0 rings (SSSR count). The van der Waals surface area contributed by atoms with Crippen LogP contribution in [-0.2, 0) is 3.82 Å². The van der Waals surface area contributed by atoms with Crippen molar-refractivity contribution in [3.8, 4) is 6.26 Å². The first-order valence-corrected chi connectivity index (χ1v) is 5.30. The van der Waals surface area contributed by atoms with Crippen molar-refractivity contribution in [2.45, 2.75) is 0 Å². The van der Waals surface area contributed by atoms with Crippen molar-refractivity contribution < 1.29 is 21.6 Å². The standard InChI is InChI=1S/CF5NOSe/c2-9(3,4,5,6)8-1-7. The summed E-state index contributed by atoms with van der Waals surface area (Å²) in [5, 5.41) is 7.10. The number of rotatable bonds is 1. The number of nitriles is 1. The molecule has 0 atom stereocenters. The van der Waals surface area contributed by atoms with Crippen molar-refractivity contribution in [1.29, 1.82) is 5.26 Å². The van der Waals surface area contributed by atoms with Gasteiger partial charge in [0.05, 0.1) is 0 Å². The quantitative estimate of drug-likeness (QED) is 0.379. The third-order valence-electron chi connectivity index (χ3n) is 0.195. The van der Waals surface area contributed by atoms with Crippen LogP contribution in [0.25, 0.3) is 0 Å². The second kappa shape index (κ2) is 1.15. The predicted octanol–water partition coefficient (Wildman–Crippen LogP) is 1.67. The summed E-state index contributed by atoms with van der Waals surface area (Å²) in [5.74, 6) is 0. The van der Waals surface area contributed by atoms with Crippen LogP contribution in [0.3, 0.4) is 0 Å². The van der Waals surface area contributed by atoms with Crippen LogP contribution in [0.5, 0.6) is 0 Å². The van der Waals surface area contributed by atoms with Crippen LogP contribution in [0.2, 0.25) is 0 Å². The van der Waals surface area contributed by atoms with E-state index in [1.54, 1.807) is 3.82 Å². The Morgan fingerprint density at radius 3 is 1.44 bits per heavy atom. The summed E-state index contributed by atoms with van der Waals surface area (Å²) in [7, 11) is 0. The van der Waals surface area contributed by atoms with E-state index in [4.69, 9.17) is 5.26 Å². The molecule has 0 spiro atoms. The first kappa shape index (κ1) is 8.46. The molecule has 0 unspecified atom stereocenters. The maximum atomic E-state index is 10.8. The fourth-order valence-electron chi connectivity index (χ4n) is 0.0704. The molecule has 0 aromatic heterocycles. The van der Waals surface area contributed by atoms with Gasteiger partial charge in [0.1, 0.15) is 0 Å². The summed E-state index contributed by atoms with van der Waals surface area (Å²) in [4.78, 5) is 0. The van der Waals surface area contributed by atoms with Gasteiger partial charge in [-0.05, 0) is 0 Å². The van der Waals surface area contributed by atoms with Crippen molar-refractivity contribution in [3.63, 3.8) is 0 Å². The summed E-state index contributed by atoms with van der Waals surface area (Å²) >= 11 is -10.4. The Labute approximate surface area is 47.4 Å². The number of hydrogen-bond acceptors (Lipinski definition) is 2. The molecule has 0 bridgehead atoms. The van der Waals surface area contributed by atoms with E-state index < -0.39 is 13.3 Å². The third-order valence-corrected chi connectivity index (χ3v) is 1.01. The molecule has 56 valence electrons. The second-order valence-corrected chi connectivity index (χ2v) is 5.19. The van der Waals surface area contributed by atoms with Crippen LogP contribution in [0, 0.1) is 11.5 Å². The molecular weight excluding hydrogens is 216 g/mol. The van der Waals surface area contributed by atoms with E-state index in [1.807, 2.05) is 0 Å². The van der Waals surface area contributed by atoms with Gasteiger partial charge in [0.25, 0.3) is 0 Å². The maximum absolute atomic E-state index is 10.8. The zero-order valence-corrected chi connectivity index (χ0v) is 5.37. The van der Waals surface area contributed by atoms with E-state index in [0.717, 1.165) is 0 Å². The molecule has 0 saturated heterocycles. The Kier molecular flexibility index (Phi) is 1.08. The van der Waals surface area contributed by atoms with Crippen LogP contribution in [-0.4, -0.2) is 13.3 Å². The molecule has 0 amide bonds. The second-order valence-electron chi connectivity index (χ2n) is 1.07. The molecule has 0 aliphatic rings. The molecule has 0 saturated carbocycles. The number of nitrogens with zero attached hydrogens (tertiary/aromatic N) is 1. The molecule has 0 aromatic carbocycles. The minimum absolute atomic E-state index is 0.112. The Bertz CT molecular complexity index is 159. The van der Waals surface area contributed by atoms with Gasteiger partial charge in [0.2, 0.25) is 0 Å². The average molecular weight is 216 g/mol. The van der Waals surface area contributed by atoms with Gasteiger partial charge in [-0.3, -0.25) is 0 Å². The molecule has 0 aliphatic carbocycles. The fraction of sp³-hybridized carbons (Fsp3) is 0. The van der Waals surface area contributed by atoms with Gasteiger partial charge >= 0.3 is 46.4 Å². The van der Waals surface area contributed by atoms with Gasteiger partial charge < -0.3 is 0 Å². The summed E-state index contributed by atoms with van der Waals surface area (Å²) in [6.07, 6.45) is -0.112. The van der Waals surface area contributed by atoms with E-state index in [0.29, 0.717) is 0 Å². The first-order valence-electron chi connectivity index (χ1n) is 1.37. The monoisotopic (exact) mass is 217 g/mol. The molecule has 0 radical (unpaired) electrons. The summed E-state index contributed by atoms with van der Waals surface area (Å²) < 4.78 is 55.8. The van der Waals surface area contributed by atoms with Crippen molar-refractivity contribution in [2.75, 3.05) is 0 Å².